The second-order valence-corrected chi connectivity index (χ2v) is 8.45. The van der Waals surface area contributed by atoms with Gasteiger partial charge in [0, 0.05) is 38.2 Å². The quantitative estimate of drug-likeness (QED) is 0.748. The van der Waals surface area contributed by atoms with Gasteiger partial charge in [0.1, 0.15) is 0 Å². The lowest BCUT2D eigenvalue weighted by Gasteiger charge is -2.46. The summed E-state index contributed by atoms with van der Waals surface area (Å²) >= 11 is 0. The Morgan fingerprint density at radius 1 is 1.24 bits per heavy atom. The lowest BCUT2D eigenvalue weighted by Crippen LogP contribution is -2.63. The zero-order valence-corrected chi connectivity index (χ0v) is 17.8. The van der Waals surface area contributed by atoms with Crippen LogP contribution >= 0.6 is 0 Å². The number of benzene rings is 1. The van der Waals surface area contributed by atoms with Gasteiger partial charge in [0.25, 0.3) is 0 Å². The van der Waals surface area contributed by atoms with E-state index in [-0.39, 0.29) is 18.5 Å². The minimum absolute atomic E-state index is 0.0289. The summed E-state index contributed by atoms with van der Waals surface area (Å²) in [4.78, 5) is 14.9. The van der Waals surface area contributed by atoms with Crippen LogP contribution in [0.2, 0.25) is 0 Å². The van der Waals surface area contributed by atoms with Crippen molar-refractivity contribution in [3.05, 3.63) is 23.8 Å². The number of aryl methyl sites for hydroxylation is 2. The van der Waals surface area contributed by atoms with Gasteiger partial charge in [-0.3, -0.25) is 14.4 Å². The predicted octanol–water partition coefficient (Wildman–Crippen LogP) is 2.44. The van der Waals surface area contributed by atoms with E-state index in [4.69, 9.17) is 4.74 Å². The van der Waals surface area contributed by atoms with Gasteiger partial charge in [-0.25, -0.2) is 0 Å². The Balaban J connectivity index is 1.21. The Morgan fingerprint density at radius 2 is 2.00 bits per heavy atom. The number of likely N-dealkylation sites (tertiary alicyclic amines) is 1. The van der Waals surface area contributed by atoms with Gasteiger partial charge in [-0.05, 0) is 51.7 Å². The fourth-order valence-electron chi connectivity index (χ4n) is 4.67. The van der Waals surface area contributed by atoms with Gasteiger partial charge in [0.2, 0.25) is 5.91 Å². The Kier molecular flexibility index (Phi) is 6.06. The second kappa shape index (κ2) is 8.71. The molecule has 2 fully saturated rings. The number of aromatic nitrogens is 2. The van der Waals surface area contributed by atoms with Crippen molar-refractivity contribution in [1.82, 2.24) is 20.0 Å². The lowest BCUT2D eigenvalue weighted by atomic mass is 9.89. The Labute approximate surface area is 172 Å². The predicted molar refractivity (Wildman–Crippen MR) is 115 cm³/mol. The van der Waals surface area contributed by atoms with Crippen LogP contribution in [-0.4, -0.2) is 65.0 Å². The van der Waals surface area contributed by atoms with E-state index in [0.717, 1.165) is 49.3 Å². The molecule has 1 amide bonds. The molecule has 2 aliphatic rings. The van der Waals surface area contributed by atoms with Crippen LogP contribution in [0.1, 0.15) is 38.2 Å². The molecule has 1 aromatic heterocycles. The van der Waals surface area contributed by atoms with Gasteiger partial charge in [0.15, 0.2) is 5.82 Å². The van der Waals surface area contributed by atoms with Crippen molar-refractivity contribution >= 4 is 22.6 Å². The minimum atomic E-state index is 0.0289. The number of fused-ring (bicyclic) bond motifs is 1. The maximum absolute atomic E-state index is 12.4. The van der Waals surface area contributed by atoms with Crippen molar-refractivity contribution in [2.24, 2.45) is 7.05 Å². The normalized spacial score (nSPS) is 23.1. The summed E-state index contributed by atoms with van der Waals surface area (Å²) in [6.07, 6.45) is 5.18. The van der Waals surface area contributed by atoms with E-state index in [1.165, 1.54) is 18.4 Å². The number of anilines is 1. The van der Waals surface area contributed by atoms with Crippen LogP contribution in [0.15, 0.2) is 18.2 Å². The minimum Gasteiger partial charge on any atom is -0.379 e. The summed E-state index contributed by atoms with van der Waals surface area (Å²) in [7, 11) is 1.92. The van der Waals surface area contributed by atoms with E-state index in [9.17, 15) is 4.79 Å². The second-order valence-electron chi connectivity index (χ2n) is 8.45. The Morgan fingerprint density at radius 3 is 2.72 bits per heavy atom. The molecule has 158 valence electrons. The first-order valence-electron chi connectivity index (χ1n) is 10.9. The Hall–Kier alpha value is -2.12. The average molecular weight is 400 g/mol. The lowest BCUT2D eigenvalue weighted by molar-refractivity contribution is -0.121. The molecule has 2 heterocycles. The van der Waals surface area contributed by atoms with Crippen LogP contribution in [0.4, 0.5) is 5.82 Å². The maximum atomic E-state index is 12.4. The third kappa shape index (κ3) is 4.56. The van der Waals surface area contributed by atoms with Crippen molar-refractivity contribution in [1.29, 1.82) is 0 Å². The van der Waals surface area contributed by atoms with E-state index in [1.54, 1.807) is 0 Å². The van der Waals surface area contributed by atoms with Gasteiger partial charge >= 0.3 is 0 Å². The van der Waals surface area contributed by atoms with Gasteiger partial charge in [-0.15, -0.1) is 0 Å². The van der Waals surface area contributed by atoms with E-state index in [2.05, 4.69) is 52.7 Å². The zero-order valence-electron chi connectivity index (χ0n) is 17.8. The van der Waals surface area contributed by atoms with Crippen molar-refractivity contribution in [3.8, 4) is 0 Å². The van der Waals surface area contributed by atoms with Crippen molar-refractivity contribution in [2.75, 3.05) is 31.6 Å². The molecule has 0 unspecified atom stereocenters. The molecule has 1 saturated carbocycles. The van der Waals surface area contributed by atoms with Crippen LogP contribution in [0.3, 0.4) is 0 Å². The number of amides is 1. The van der Waals surface area contributed by atoms with Crippen LogP contribution in [0, 0.1) is 6.92 Å². The molecule has 0 radical (unpaired) electrons. The molecule has 0 atom stereocenters. The smallest absolute Gasteiger partial charge is 0.239 e. The average Bonchev–Trinajstić information content (AvgIpc) is 2.99. The van der Waals surface area contributed by atoms with Gasteiger partial charge in [-0.1, -0.05) is 11.6 Å². The number of nitrogens with zero attached hydrogens (tertiary/aromatic N) is 3. The monoisotopic (exact) mass is 399 g/mol. The van der Waals surface area contributed by atoms with Crippen LogP contribution in [-0.2, 0) is 16.6 Å². The molecule has 1 aromatic carbocycles. The van der Waals surface area contributed by atoms with E-state index >= 15 is 0 Å². The third-order valence-electron chi connectivity index (χ3n) is 6.26. The van der Waals surface area contributed by atoms with E-state index in [1.807, 2.05) is 11.7 Å². The molecule has 0 spiro atoms. The number of hydrogen-bond donors (Lipinski definition) is 2. The molecular formula is C22H33N5O2. The molecular weight excluding hydrogens is 366 g/mol. The maximum Gasteiger partial charge on any atom is 0.239 e. The van der Waals surface area contributed by atoms with Gasteiger partial charge in [-0.2, -0.15) is 5.10 Å². The fourth-order valence-corrected chi connectivity index (χ4v) is 4.67. The summed E-state index contributed by atoms with van der Waals surface area (Å²) in [6.45, 7) is 7.11. The summed E-state index contributed by atoms with van der Waals surface area (Å²) in [5.74, 6) is 0.795. The molecule has 2 N–H and O–H groups in total. The standard InChI is InChI=1S/C22H33N5O2/c1-4-29-18-8-6-17(7-9-18)27-13-16(14-27)24-21(28)12-23-22-19-11-15(2)5-10-20(19)26(3)25-22/h5,10-11,16-18H,4,6-9,12-14H2,1-3H3,(H,23,25)(H,24,28). The number of ether oxygens (including phenoxy) is 1. The highest BCUT2D eigenvalue weighted by Gasteiger charge is 2.35. The highest BCUT2D eigenvalue weighted by molar-refractivity contribution is 5.92. The summed E-state index contributed by atoms with van der Waals surface area (Å²) < 4.78 is 7.59. The topological polar surface area (TPSA) is 71.4 Å². The fraction of sp³-hybridized carbons (Fsp3) is 0.636. The number of rotatable bonds is 7. The van der Waals surface area contributed by atoms with Gasteiger partial charge < -0.3 is 15.4 Å². The highest BCUT2D eigenvalue weighted by atomic mass is 16.5. The van der Waals surface area contributed by atoms with Crippen LogP contribution < -0.4 is 10.6 Å². The highest BCUT2D eigenvalue weighted by Crippen LogP contribution is 2.28. The van der Waals surface area contributed by atoms with Crippen LogP contribution in [0.25, 0.3) is 10.9 Å². The first-order valence-corrected chi connectivity index (χ1v) is 10.9. The largest absolute Gasteiger partial charge is 0.379 e. The van der Waals surface area contributed by atoms with Gasteiger partial charge in [0.05, 0.1) is 24.2 Å². The zero-order chi connectivity index (χ0) is 20.4. The molecule has 7 nitrogen and oxygen atoms in total. The third-order valence-corrected chi connectivity index (χ3v) is 6.26. The number of hydrogen-bond acceptors (Lipinski definition) is 5. The Bertz CT molecular complexity index is 850. The summed E-state index contributed by atoms with van der Waals surface area (Å²) in [5, 5.41) is 11.9. The SMILES string of the molecule is CCOC1CCC(N2CC(NC(=O)CNc3nn(C)c4ccc(C)cc34)C2)CC1. The summed E-state index contributed by atoms with van der Waals surface area (Å²) in [5.41, 5.74) is 2.25. The number of nitrogens with one attached hydrogen (secondary N) is 2. The molecule has 7 heteroatoms. The first kappa shape index (κ1) is 20.2. The van der Waals surface area contributed by atoms with E-state index in [0.29, 0.717) is 12.1 Å². The number of carbonyl (C=O) groups excluding carboxylic acids is 1. The molecule has 1 aliphatic heterocycles. The van der Waals surface area contributed by atoms with Crippen molar-refractivity contribution in [3.63, 3.8) is 0 Å². The molecule has 0 bridgehead atoms. The molecule has 29 heavy (non-hydrogen) atoms. The van der Waals surface area contributed by atoms with Crippen LogP contribution in [0.5, 0.6) is 0 Å². The van der Waals surface area contributed by atoms with E-state index < -0.39 is 0 Å². The summed E-state index contributed by atoms with van der Waals surface area (Å²) in [6, 6.07) is 7.16. The van der Waals surface area contributed by atoms with Crippen molar-refractivity contribution < 1.29 is 9.53 Å². The number of carbonyl (C=O) groups is 1. The first-order chi connectivity index (χ1) is 14.0. The molecule has 1 aliphatic carbocycles. The van der Waals surface area contributed by atoms with Crippen molar-refractivity contribution in [2.45, 2.75) is 57.7 Å². The molecule has 2 aromatic rings. The molecule has 1 saturated heterocycles. The molecule has 4 rings (SSSR count).